The summed E-state index contributed by atoms with van der Waals surface area (Å²) >= 11 is 0. The molecule has 1 aromatic carbocycles. The average molecular weight is 250 g/mol. The van der Waals surface area contributed by atoms with Crippen molar-refractivity contribution in [3.8, 4) is 0 Å². The highest BCUT2D eigenvalue weighted by Gasteiger charge is 2.16. The van der Waals surface area contributed by atoms with Gasteiger partial charge in [-0.2, -0.15) is 0 Å². The molecule has 0 atom stereocenters. The Balaban J connectivity index is 1.90. The van der Waals surface area contributed by atoms with Gasteiger partial charge in [0.15, 0.2) is 0 Å². The Morgan fingerprint density at radius 3 is 2.72 bits per heavy atom. The van der Waals surface area contributed by atoms with Crippen LogP contribution in [0, 0.1) is 11.7 Å². The van der Waals surface area contributed by atoms with E-state index in [1.54, 1.807) is 6.07 Å². The SMILES string of the molecule is CN(Cc1cccc(F)c1N)CC1CCCCC1. The second kappa shape index (κ2) is 6.19. The van der Waals surface area contributed by atoms with Crippen molar-refractivity contribution in [1.29, 1.82) is 0 Å². The number of rotatable bonds is 4. The summed E-state index contributed by atoms with van der Waals surface area (Å²) in [5.41, 5.74) is 6.96. The largest absolute Gasteiger partial charge is 0.396 e. The third-order valence-electron chi connectivity index (χ3n) is 3.88. The number of nitrogens with two attached hydrogens (primary N) is 1. The third-order valence-corrected chi connectivity index (χ3v) is 3.88. The van der Waals surface area contributed by atoms with Gasteiger partial charge >= 0.3 is 0 Å². The number of para-hydroxylation sites is 1. The van der Waals surface area contributed by atoms with E-state index in [4.69, 9.17) is 5.73 Å². The molecule has 18 heavy (non-hydrogen) atoms. The monoisotopic (exact) mass is 250 g/mol. The maximum atomic E-state index is 13.3. The van der Waals surface area contributed by atoms with Crippen LogP contribution in [0.2, 0.25) is 0 Å². The van der Waals surface area contributed by atoms with Crippen molar-refractivity contribution in [2.75, 3.05) is 19.3 Å². The van der Waals surface area contributed by atoms with Crippen LogP contribution in [0.15, 0.2) is 18.2 Å². The molecule has 0 unspecified atom stereocenters. The molecule has 0 saturated heterocycles. The fourth-order valence-electron chi connectivity index (χ4n) is 2.89. The van der Waals surface area contributed by atoms with Crippen molar-refractivity contribution in [2.45, 2.75) is 38.6 Å². The van der Waals surface area contributed by atoms with E-state index in [2.05, 4.69) is 11.9 Å². The second-order valence-electron chi connectivity index (χ2n) is 5.51. The van der Waals surface area contributed by atoms with Crippen LogP contribution in [-0.4, -0.2) is 18.5 Å². The maximum Gasteiger partial charge on any atom is 0.146 e. The number of halogens is 1. The minimum absolute atomic E-state index is 0.299. The molecule has 0 amide bonds. The number of benzene rings is 1. The molecule has 3 heteroatoms. The number of hydrogen-bond donors (Lipinski definition) is 1. The average Bonchev–Trinajstić information content (AvgIpc) is 2.36. The molecule has 0 spiro atoms. The van der Waals surface area contributed by atoms with E-state index in [-0.39, 0.29) is 5.82 Å². The molecule has 1 aromatic rings. The van der Waals surface area contributed by atoms with Gasteiger partial charge in [0, 0.05) is 13.1 Å². The van der Waals surface area contributed by atoms with E-state index in [9.17, 15) is 4.39 Å². The van der Waals surface area contributed by atoms with Gasteiger partial charge in [-0.1, -0.05) is 31.4 Å². The smallest absolute Gasteiger partial charge is 0.146 e. The van der Waals surface area contributed by atoms with E-state index in [1.165, 1.54) is 38.2 Å². The normalized spacial score (nSPS) is 17.3. The van der Waals surface area contributed by atoms with Crippen molar-refractivity contribution >= 4 is 5.69 Å². The zero-order chi connectivity index (χ0) is 13.0. The number of nitrogen functional groups attached to an aromatic ring is 1. The highest BCUT2D eigenvalue weighted by molar-refractivity contribution is 5.47. The van der Waals surface area contributed by atoms with E-state index >= 15 is 0 Å². The molecule has 0 bridgehead atoms. The van der Waals surface area contributed by atoms with Crippen LogP contribution in [0.1, 0.15) is 37.7 Å². The Kier molecular flexibility index (Phi) is 4.59. The van der Waals surface area contributed by atoms with Gasteiger partial charge in [-0.25, -0.2) is 4.39 Å². The third kappa shape index (κ3) is 3.45. The molecule has 2 N–H and O–H groups in total. The lowest BCUT2D eigenvalue weighted by molar-refractivity contribution is 0.228. The molecule has 1 aliphatic rings. The standard InChI is InChI=1S/C15H23FN2/c1-18(10-12-6-3-2-4-7-12)11-13-8-5-9-14(16)15(13)17/h5,8-9,12H,2-4,6-7,10-11,17H2,1H3. The van der Waals surface area contributed by atoms with Gasteiger partial charge in [0.1, 0.15) is 5.82 Å². The fraction of sp³-hybridized carbons (Fsp3) is 0.600. The quantitative estimate of drug-likeness (QED) is 0.830. The highest BCUT2D eigenvalue weighted by atomic mass is 19.1. The molecule has 1 fully saturated rings. The van der Waals surface area contributed by atoms with E-state index in [1.807, 2.05) is 6.07 Å². The van der Waals surface area contributed by atoms with Crippen molar-refractivity contribution in [3.63, 3.8) is 0 Å². The molecule has 0 radical (unpaired) electrons. The van der Waals surface area contributed by atoms with Crippen LogP contribution in [0.25, 0.3) is 0 Å². The van der Waals surface area contributed by atoms with Crippen LogP contribution in [0.4, 0.5) is 10.1 Å². The first kappa shape index (κ1) is 13.3. The predicted octanol–water partition coefficient (Wildman–Crippen LogP) is 3.42. The minimum atomic E-state index is -0.307. The van der Waals surface area contributed by atoms with Gasteiger partial charge in [0.25, 0.3) is 0 Å². The molecule has 0 aromatic heterocycles. The summed E-state index contributed by atoms with van der Waals surface area (Å²) < 4.78 is 13.3. The zero-order valence-corrected chi connectivity index (χ0v) is 11.2. The van der Waals surface area contributed by atoms with Gasteiger partial charge in [0.2, 0.25) is 0 Å². The molecular formula is C15H23FN2. The van der Waals surface area contributed by atoms with E-state index in [0.29, 0.717) is 5.69 Å². The lowest BCUT2D eigenvalue weighted by Crippen LogP contribution is -2.27. The Hall–Kier alpha value is -1.09. The minimum Gasteiger partial charge on any atom is -0.396 e. The number of hydrogen-bond acceptors (Lipinski definition) is 2. The summed E-state index contributed by atoms with van der Waals surface area (Å²) in [6.07, 6.45) is 6.78. The zero-order valence-electron chi connectivity index (χ0n) is 11.2. The highest BCUT2D eigenvalue weighted by Crippen LogP contribution is 2.25. The summed E-state index contributed by atoms with van der Waals surface area (Å²) in [5, 5.41) is 0. The first-order chi connectivity index (χ1) is 8.66. The van der Waals surface area contributed by atoms with Crippen LogP contribution in [0.5, 0.6) is 0 Å². The van der Waals surface area contributed by atoms with Crippen molar-refractivity contribution in [2.24, 2.45) is 5.92 Å². The van der Waals surface area contributed by atoms with Gasteiger partial charge in [-0.05, 0) is 37.4 Å². The fourth-order valence-corrected chi connectivity index (χ4v) is 2.89. The Morgan fingerprint density at radius 2 is 2.00 bits per heavy atom. The maximum absolute atomic E-state index is 13.3. The lowest BCUT2D eigenvalue weighted by Gasteiger charge is -2.27. The summed E-state index contributed by atoms with van der Waals surface area (Å²) in [6.45, 7) is 1.83. The van der Waals surface area contributed by atoms with Crippen molar-refractivity contribution < 1.29 is 4.39 Å². The Morgan fingerprint density at radius 1 is 1.28 bits per heavy atom. The van der Waals surface area contributed by atoms with Crippen LogP contribution < -0.4 is 5.73 Å². The number of anilines is 1. The lowest BCUT2D eigenvalue weighted by atomic mass is 9.89. The Labute approximate surface area is 109 Å². The topological polar surface area (TPSA) is 29.3 Å². The first-order valence-electron chi connectivity index (χ1n) is 6.88. The number of nitrogens with zero attached hydrogens (tertiary/aromatic N) is 1. The first-order valence-corrected chi connectivity index (χ1v) is 6.88. The van der Waals surface area contributed by atoms with Crippen molar-refractivity contribution in [3.05, 3.63) is 29.6 Å². The molecule has 2 nitrogen and oxygen atoms in total. The summed E-state index contributed by atoms with van der Waals surface area (Å²) in [5.74, 6) is 0.497. The summed E-state index contributed by atoms with van der Waals surface area (Å²) in [7, 11) is 2.10. The van der Waals surface area contributed by atoms with Crippen molar-refractivity contribution in [1.82, 2.24) is 4.90 Å². The van der Waals surface area contributed by atoms with Gasteiger partial charge in [0.05, 0.1) is 5.69 Å². The molecule has 1 aliphatic carbocycles. The molecule has 100 valence electrons. The van der Waals surface area contributed by atoms with Crippen LogP contribution in [0.3, 0.4) is 0 Å². The Bertz CT molecular complexity index is 386. The second-order valence-corrected chi connectivity index (χ2v) is 5.51. The van der Waals surface area contributed by atoms with E-state index < -0.39 is 0 Å². The summed E-state index contributed by atoms with van der Waals surface area (Å²) in [6, 6.07) is 5.06. The summed E-state index contributed by atoms with van der Waals surface area (Å²) in [4.78, 5) is 2.26. The molecule has 2 rings (SSSR count). The molecular weight excluding hydrogens is 227 g/mol. The van der Waals surface area contributed by atoms with E-state index in [0.717, 1.165) is 24.6 Å². The van der Waals surface area contributed by atoms with Gasteiger partial charge in [-0.15, -0.1) is 0 Å². The van der Waals surface area contributed by atoms with Crippen LogP contribution >= 0.6 is 0 Å². The van der Waals surface area contributed by atoms with Crippen LogP contribution in [-0.2, 0) is 6.54 Å². The molecule has 0 aliphatic heterocycles. The molecule has 0 heterocycles. The van der Waals surface area contributed by atoms with Gasteiger partial charge in [-0.3, -0.25) is 0 Å². The molecule has 1 saturated carbocycles. The predicted molar refractivity (Wildman–Crippen MR) is 73.7 cm³/mol. The van der Waals surface area contributed by atoms with Gasteiger partial charge < -0.3 is 10.6 Å².